The van der Waals surface area contributed by atoms with Gasteiger partial charge < -0.3 is 23.6 Å². The Morgan fingerprint density at radius 1 is 1.15 bits per heavy atom. The Balaban J connectivity index is 1.44. The molecule has 4 rings (SSSR count). The molecule has 2 atom stereocenters. The van der Waals surface area contributed by atoms with Gasteiger partial charge in [0.25, 0.3) is 0 Å². The zero-order valence-corrected chi connectivity index (χ0v) is 20.0. The van der Waals surface area contributed by atoms with Gasteiger partial charge in [-0.15, -0.1) is 0 Å². The quantitative estimate of drug-likeness (QED) is 0.458. The standard InChI is InChI=1S/C27H30N2O5/c1-18-24(28-25(33-18)19-9-6-5-7-10-19)17-32-22-12-8-11-20(13-22)23-15-29(14-21(23)16-30)26(31)34-27(2,3)4/h5-13,16,21,23H,14-15,17H2,1-4H3/t21?,23-/m0/s1. The Labute approximate surface area is 199 Å². The second kappa shape index (κ2) is 9.71. The molecule has 2 aromatic carbocycles. The number of carbonyl (C=O) groups is 2. The maximum atomic E-state index is 12.5. The maximum absolute atomic E-state index is 12.5. The highest BCUT2D eigenvalue weighted by molar-refractivity contribution is 5.71. The van der Waals surface area contributed by atoms with E-state index in [1.807, 2.05) is 82.3 Å². The van der Waals surface area contributed by atoms with Gasteiger partial charge >= 0.3 is 6.09 Å². The van der Waals surface area contributed by atoms with Crippen LogP contribution in [0.5, 0.6) is 5.75 Å². The van der Waals surface area contributed by atoms with Gasteiger partial charge in [0.05, 0.1) is 0 Å². The van der Waals surface area contributed by atoms with Crippen LogP contribution in [0, 0.1) is 12.8 Å². The van der Waals surface area contributed by atoms with Gasteiger partial charge in [-0.1, -0.05) is 30.3 Å². The molecule has 0 aliphatic carbocycles. The van der Waals surface area contributed by atoms with E-state index in [-0.39, 0.29) is 18.4 Å². The molecule has 1 saturated heterocycles. The largest absolute Gasteiger partial charge is 0.487 e. The molecule has 7 nitrogen and oxygen atoms in total. The third kappa shape index (κ3) is 5.47. The summed E-state index contributed by atoms with van der Waals surface area (Å²) in [6.07, 6.45) is 0.525. The Kier molecular flexibility index (Phi) is 6.72. The van der Waals surface area contributed by atoms with E-state index < -0.39 is 11.7 Å². The molecular weight excluding hydrogens is 432 g/mol. The van der Waals surface area contributed by atoms with Gasteiger partial charge in [0.1, 0.15) is 35.7 Å². The summed E-state index contributed by atoms with van der Waals surface area (Å²) in [6, 6.07) is 17.4. The van der Waals surface area contributed by atoms with Crippen LogP contribution < -0.4 is 4.74 Å². The van der Waals surface area contributed by atoms with Crippen LogP contribution in [0.25, 0.3) is 11.5 Å². The van der Waals surface area contributed by atoms with Crippen molar-refractivity contribution in [1.82, 2.24) is 9.88 Å². The van der Waals surface area contributed by atoms with E-state index in [9.17, 15) is 9.59 Å². The number of aryl methyl sites for hydroxylation is 1. The number of aromatic nitrogens is 1. The Morgan fingerprint density at radius 2 is 1.91 bits per heavy atom. The number of carbonyl (C=O) groups excluding carboxylic acids is 2. The number of oxazole rings is 1. The number of aldehydes is 1. The highest BCUT2D eigenvalue weighted by Gasteiger charge is 2.38. The van der Waals surface area contributed by atoms with Crippen LogP contribution in [0.15, 0.2) is 59.0 Å². The van der Waals surface area contributed by atoms with Crippen LogP contribution in [0.2, 0.25) is 0 Å². The second-order valence-electron chi connectivity index (χ2n) is 9.54. The molecule has 1 unspecified atom stereocenters. The van der Waals surface area contributed by atoms with Crippen LogP contribution in [0.1, 0.15) is 43.7 Å². The number of hydrogen-bond acceptors (Lipinski definition) is 6. The lowest BCUT2D eigenvalue weighted by Crippen LogP contribution is -2.35. The predicted octanol–water partition coefficient (Wildman–Crippen LogP) is 5.38. The first kappa shape index (κ1) is 23.5. The molecule has 0 spiro atoms. The van der Waals surface area contributed by atoms with Crippen molar-refractivity contribution in [3.63, 3.8) is 0 Å². The first-order valence-electron chi connectivity index (χ1n) is 11.4. The summed E-state index contributed by atoms with van der Waals surface area (Å²) in [5.41, 5.74) is 2.00. The van der Waals surface area contributed by atoms with Crippen molar-refractivity contribution >= 4 is 12.4 Å². The molecule has 2 heterocycles. The zero-order chi connectivity index (χ0) is 24.3. The van der Waals surface area contributed by atoms with Crippen molar-refractivity contribution in [3.8, 4) is 17.2 Å². The Morgan fingerprint density at radius 3 is 2.62 bits per heavy atom. The molecule has 1 aliphatic rings. The van der Waals surface area contributed by atoms with Crippen LogP contribution in [-0.2, 0) is 16.1 Å². The van der Waals surface area contributed by atoms with E-state index in [1.54, 1.807) is 4.90 Å². The second-order valence-corrected chi connectivity index (χ2v) is 9.54. The minimum absolute atomic E-state index is 0.118. The fourth-order valence-electron chi connectivity index (χ4n) is 4.05. The van der Waals surface area contributed by atoms with Crippen LogP contribution in [-0.4, -0.2) is 41.0 Å². The summed E-state index contributed by atoms with van der Waals surface area (Å²) in [7, 11) is 0. The predicted molar refractivity (Wildman–Crippen MR) is 128 cm³/mol. The van der Waals surface area contributed by atoms with Crippen molar-refractivity contribution in [2.75, 3.05) is 13.1 Å². The summed E-state index contributed by atoms with van der Waals surface area (Å²) in [5, 5.41) is 0. The van der Waals surface area contributed by atoms with E-state index in [0.717, 1.165) is 23.1 Å². The summed E-state index contributed by atoms with van der Waals surface area (Å²) >= 11 is 0. The number of hydrogen-bond donors (Lipinski definition) is 0. The smallest absolute Gasteiger partial charge is 0.410 e. The molecule has 0 radical (unpaired) electrons. The third-order valence-corrected chi connectivity index (χ3v) is 5.77. The fourth-order valence-corrected chi connectivity index (χ4v) is 4.05. The maximum Gasteiger partial charge on any atom is 0.410 e. The van der Waals surface area contributed by atoms with E-state index in [2.05, 4.69) is 4.98 Å². The summed E-state index contributed by atoms with van der Waals surface area (Å²) in [4.78, 5) is 30.5. The summed E-state index contributed by atoms with van der Waals surface area (Å²) < 4.78 is 17.3. The highest BCUT2D eigenvalue weighted by Crippen LogP contribution is 2.34. The van der Waals surface area contributed by atoms with Crippen LogP contribution >= 0.6 is 0 Å². The summed E-state index contributed by atoms with van der Waals surface area (Å²) in [6.45, 7) is 8.38. The number of nitrogens with zero attached hydrogens (tertiary/aromatic N) is 2. The monoisotopic (exact) mass is 462 g/mol. The van der Waals surface area contributed by atoms with E-state index in [4.69, 9.17) is 13.9 Å². The van der Waals surface area contributed by atoms with Gasteiger partial charge in [0.15, 0.2) is 0 Å². The lowest BCUT2D eigenvalue weighted by molar-refractivity contribution is -0.111. The SMILES string of the molecule is Cc1oc(-c2ccccc2)nc1COc1cccc([C@@H]2CN(C(=O)OC(C)(C)C)CC2C=O)c1. The summed E-state index contributed by atoms with van der Waals surface area (Å²) in [5.74, 6) is 1.52. The van der Waals surface area contributed by atoms with Crippen LogP contribution in [0.4, 0.5) is 4.79 Å². The van der Waals surface area contributed by atoms with Crippen molar-refractivity contribution in [3.05, 3.63) is 71.6 Å². The van der Waals surface area contributed by atoms with Gasteiger partial charge in [-0.3, -0.25) is 0 Å². The van der Waals surface area contributed by atoms with E-state index >= 15 is 0 Å². The van der Waals surface area contributed by atoms with Crippen molar-refractivity contribution in [2.45, 2.75) is 45.8 Å². The molecule has 7 heteroatoms. The third-order valence-electron chi connectivity index (χ3n) is 5.77. The molecule has 0 N–H and O–H groups in total. The molecule has 34 heavy (non-hydrogen) atoms. The first-order valence-corrected chi connectivity index (χ1v) is 11.4. The number of amides is 1. The minimum atomic E-state index is -0.584. The average Bonchev–Trinajstić information content (AvgIpc) is 3.41. The average molecular weight is 463 g/mol. The van der Waals surface area contributed by atoms with Crippen molar-refractivity contribution in [1.29, 1.82) is 0 Å². The highest BCUT2D eigenvalue weighted by atomic mass is 16.6. The topological polar surface area (TPSA) is 81.9 Å². The normalized spacial score (nSPS) is 18.1. The molecule has 1 amide bonds. The van der Waals surface area contributed by atoms with Crippen molar-refractivity contribution in [2.24, 2.45) is 5.92 Å². The Bertz CT molecular complexity index is 1150. The molecular formula is C27H30N2O5. The lowest BCUT2D eigenvalue weighted by Gasteiger charge is -2.24. The molecule has 178 valence electrons. The lowest BCUT2D eigenvalue weighted by atomic mass is 9.90. The van der Waals surface area contributed by atoms with Gasteiger partial charge in [0.2, 0.25) is 5.89 Å². The molecule has 0 saturated carbocycles. The van der Waals surface area contributed by atoms with Gasteiger partial charge in [-0.25, -0.2) is 9.78 Å². The first-order chi connectivity index (χ1) is 16.2. The number of likely N-dealkylation sites (tertiary alicyclic amines) is 1. The van der Waals surface area contributed by atoms with Crippen LogP contribution in [0.3, 0.4) is 0 Å². The molecule has 1 aromatic heterocycles. The Hall–Kier alpha value is -3.61. The van der Waals surface area contributed by atoms with Gasteiger partial charge in [-0.2, -0.15) is 0 Å². The van der Waals surface area contributed by atoms with E-state index in [1.165, 1.54) is 0 Å². The molecule has 0 bridgehead atoms. The molecule has 1 fully saturated rings. The number of benzene rings is 2. The number of ether oxygens (including phenoxy) is 2. The minimum Gasteiger partial charge on any atom is -0.487 e. The zero-order valence-electron chi connectivity index (χ0n) is 20.0. The molecule has 1 aliphatic heterocycles. The number of rotatable bonds is 6. The molecule has 3 aromatic rings. The van der Waals surface area contributed by atoms with E-state index in [0.29, 0.717) is 30.5 Å². The van der Waals surface area contributed by atoms with Gasteiger partial charge in [-0.05, 0) is 57.5 Å². The van der Waals surface area contributed by atoms with Gasteiger partial charge in [0, 0.05) is 30.5 Å². The fraction of sp³-hybridized carbons (Fsp3) is 0.370. The van der Waals surface area contributed by atoms with Crippen molar-refractivity contribution < 1.29 is 23.5 Å².